The highest BCUT2D eigenvalue weighted by molar-refractivity contribution is 9.10. The standard InChI is InChI=1S/C15H22BrN/c1-11-9-12(6-7-14(11)16)17-13-5-4-8-15(2,3)10-13/h6-7,9,13,17H,4-5,8,10H2,1-3H3. The summed E-state index contributed by atoms with van der Waals surface area (Å²) in [6.45, 7) is 6.90. The largest absolute Gasteiger partial charge is 0.382 e. The van der Waals surface area contributed by atoms with Gasteiger partial charge in [0, 0.05) is 16.2 Å². The third-order valence-corrected chi connectivity index (χ3v) is 4.62. The van der Waals surface area contributed by atoms with Crippen LogP contribution in [0.5, 0.6) is 0 Å². The fraction of sp³-hybridized carbons (Fsp3) is 0.600. The third kappa shape index (κ3) is 3.48. The van der Waals surface area contributed by atoms with E-state index in [0.717, 1.165) is 0 Å². The number of anilines is 1. The van der Waals surface area contributed by atoms with Crippen molar-refractivity contribution in [1.29, 1.82) is 0 Å². The molecule has 0 saturated heterocycles. The molecule has 1 nitrogen and oxygen atoms in total. The van der Waals surface area contributed by atoms with Crippen molar-refractivity contribution in [1.82, 2.24) is 0 Å². The molecule has 1 fully saturated rings. The number of benzene rings is 1. The zero-order valence-corrected chi connectivity index (χ0v) is 12.6. The van der Waals surface area contributed by atoms with Crippen LogP contribution in [0.4, 0.5) is 5.69 Å². The van der Waals surface area contributed by atoms with Crippen molar-refractivity contribution in [3.8, 4) is 0 Å². The van der Waals surface area contributed by atoms with Crippen molar-refractivity contribution in [2.75, 3.05) is 5.32 Å². The van der Waals surface area contributed by atoms with E-state index >= 15 is 0 Å². The Morgan fingerprint density at radius 1 is 1.35 bits per heavy atom. The van der Waals surface area contributed by atoms with Gasteiger partial charge in [-0.3, -0.25) is 0 Å². The molecule has 1 unspecified atom stereocenters. The van der Waals surface area contributed by atoms with E-state index in [1.807, 2.05) is 0 Å². The fourth-order valence-electron chi connectivity index (χ4n) is 2.79. The molecule has 0 heterocycles. The summed E-state index contributed by atoms with van der Waals surface area (Å²) in [6.07, 6.45) is 5.30. The molecule has 1 aromatic carbocycles. The highest BCUT2D eigenvalue weighted by atomic mass is 79.9. The van der Waals surface area contributed by atoms with Crippen LogP contribution in [0, 0.1) is 12.3 Å². The van der Waals surface area contributed by atoms with Crippen LogP contribution in [0.15, 0.2) is 22.7 Å². The molecule has 1 aliphatic rings. The summed E-state index contributed by atoms with van der Waals surface area (Å²) in [6, 6.07) is 7.16. The van der Waals surface area contributed by atoms with Crippen LogP contribution < -0.4 is 5.32 Å². The van der Waals surface area contributed by atoms with E-state index in [2.05, 4.69) is 60.2 Å². The summed E-state index contributed by atoms with van der Waals surface area (Å²) in [5.74, 6) is 0. The van der Waals surface area contributed by atoms with Crippen LogP contribution in [0.1, 0.15) is 45.1 Å². The smallest absolute Gasteiger partial charge is 0.0345 e. The van der Waals surface area contributed by atoms with Crippen molar-refractivity contribution in [3.63, 3.8) is 0 Å². The average Bonchev–Trinajstić information content (AvgIpc) is 2.22. The zero-order chi connectivity index (χ0) is 12.5. The van der Waals surface area contributed by atoms with Crippen LogP contribution >= 0.6 is 15.9 Å². The highest BCUT2D eigenvalue weighted by Gasteiger charge is 2.27. The molecule has 0 aliphatic heterocycles. The van der Waals surface area contributed by atoms with Gasteiger partial charge in [-0.1, -0.05) is 36.2 Å². The fourth-order valence-corrected chi connectivity index (χ4v) is 3.04. The molecule has 1 N–H and O–H groups in total. The minimum absolute atomic E-state index is 0.500. The maximum atomic E-state index is 3.68. The van der Waals surface area contributed by atoms with Gasteiger partial charge in [-0.15, -0.1) is 0 Å². The Morgan fingerprint density at radius 2 is 2.12 bits per heavy atom. The molecule has 1 aliphatic carbocycles. The first kappa shape index (κ1) is 12.9. The molecule has 0 aromatic heterocycles. The molecule has 0 bridgehead atoms. The Kier molecular flexibility index (Phi) is 3.82. The lowest BCUT2D eigenvalue weighted by atomic mass is 9.75. The molecule has 1 aromatic rings. The Morgan fingerprint density at radius 3 is 2.76 bits per heavy atom. The molecule has 1 atom stereocenters. The zero-order valence-electron chi connectivity index (χ0n) is 11.0. The number of nitrogens with one attached hydrogen (secondary N) is 1. The molecule has 0 amide bonds. The van der Waals surface area contributed by atoms with Gasteiger partial charge in [-0.25, -0.2) is 0 Å². The van der Waals surface area contributed by atoms with Crippen LogP contribution in [-0.2, 0) is 0 Å². The first-order valence-electron chi connectivity index (χ1n) is 6.49. The second-order valence-electron chi connectivity index (χ2n) is 6.07. The molecule has 2 heteroatoms. The van der Waals surface area contributed by atoms with E-state index in [1.54, 1.807) is 0 Å². The quantitative estimate of drug-likeness (QED) is 0.797. The van der Waals surface area contributed by atoms with Crippen molar-refractivity contribution >= 4 is 21.6 Å². The van der Waals surface area contributed by atoms with Gasteiger partial charge in [-0.2, -0.15) is 0 Å². The van der Waals surface area contributed by atoms with Crippen molar-refractivity contribution in [2.24, 2.45) is 5.41 Å². The molecule has 0 spiro atoms. The summed E-state index contributed by atoms with van der Waals surface area (Å²) in [7, 11) is 0. The maximum absolute atomic E-state index is 3.68. The van der Waals surface area contributed by atoms with E-state index in [-0.39, 0.29) is 0 Å². The van der Waals surface area contributed by atoms with Crippen LogP contribution in [0.3, 0.4) is 0 Å². The molecule has 2 rings (SSSR count). The van der Waals surface area contributed by atoms with Crippen molar-refractivity contribution in [3.05, 3.63) is 28.2 Å². The van der Waals surface area contributed by atoms with Gasteiger partial charge in [0.25, 0.3) is 0 Å². The predicted molar refractivity (Wildman–Crippen MR) is 78.5 cm³/mol. The monoisotopic (exact) mass is 295 g/mol. The number of halogens is 1. The number of rotatable bonds is 2. The van der Waals surface area contributed by atoms with Crippen molar-refractivity contribution < 1.29 is 0 Å². The molecular formula is C15H22BrN. The Bertz CT molecular complexity index is 398. The molecule has 1 saturated carbocycles. The van der Waals surface area contributed by atoms with Crippen LogP contribution in [-0.4, -0.2) is 6.04 Å². The van der Waals surface area contributed by atoms with Gasteiger partial charge in [0.05, 0.1) is 0 Å². The summed E-state index contributed by atoms with van der Waals surface area (Å²) in [5.41, 5.74) is 3.05. The van der Waals surface area contributed by atoms with Gasteiger partial charge in [-0.05, 0) is 55.4 Å². The lowest BCUT2D eigenvalue weighted by Gasteiger charge is -2.36. The van der Waals surface area contributed by atoms with Crippen molar-refractivity contribution in [2.45, 2.75) is 52.5 Å². The maximum Gasteiger partial charge on any atom is 0.0345 e. The second-order valence-corrected chi connectivity index (χ2v) is 6.92. The van der Waals surface area contributed by atoms with E-state index in [0.29, 0.717) is 11.5 Å². The Labute approximate surface area is 113 Å². The second kappa shape index (κ2) is 5.01. The van der Waals surface area contributed by atoms with E-state index in [9.17, 15) is 0 Å². The Hall–Kier alpha value is -0.500. The van der Waals surface area contributed by atoms with Gasteiger partial charge < -0.3 is 5.32 Å². The molecule has 94 valence electrons. The molecular weight excluding hydrogens is 274 g/mol. The summed E-state index contributed by atoms with van der Waals surface area (Å²) in [5, 5.41) is 3.68. The number of aryl methyl sites for hydroxylation is 1. The van der Waals surface area contributed by atoms with E-state index in [4.69, 9.17) is 0 Å². The SMILES string of the molecule is Cc1cc(NC2CCCC(C)(C)C2)ccc1Br. The van der Waals surface area contributed by atoms with E-state index in [1.165, 1.54) is 41.4 Å². The Balaban J connectivity index is 2.03. The molecule has 17 heavy (non-hydrogen) atoms. The summed E-state index contributed by atoms with van der Waals surface area (Å²) < 4.78 is 1.19. The van der Waals surface area contributed by atoms with Crippen LogP contribution in [0.25, 0.3) is 0 Å². The minimum atomic E-state index is 0.500. The first-order chi connectivity index (χ1) is 7.96. The van der Waals surface area contributed by atoms with Gasteiger partial charge in [0.2, 0.25) is 0 Å². The first-order valence-corrected chi connectivity index (χ1v) is 7.28. The minimum Gasteiger partial charge on any atom is -0.382 e. The van der Waals surface area contributed by atoms with Gasteiger partial charge in [0.15, 0.2) is 0 Å². The van der Waals surface area contributed by atoms with Crippen LogP contribution in [0.2, 0.25) is 0 Å². The predicted octanol–water partition coefficient (Wildman–Crippen LogP) is 5.14. The highest BCUT2D eigenvalue weighted by Crippen LogP contribution is 2.36. The van der Waals surface area contributed by atoms with Gasteiger partial charge >= 0.3 is 0 Å². The summed E-state index contributed by atoms with van der Waals surface area (Å²) in [4.78, 5) is 0. The topological polar surface area (TPSA) is 12.0 Å². The van der Waals surface area contributed by atoms with E-state index < -0.39 is 0 Å². The lowest BCUT2D eigenvalue weighted by molar-refractivity contribution is 0.229. The van der Waals surface area contributed by atoms with Gasteiger partial charge in [0.1, 0.15) is 0 Å². The third-order valence-electron chi connectivity index (χ3n) is 3.73. The number of hydrogen-bond donors (Lipinski definition) is 1. The lowest BCUT2D eigenvalue weighted by Crippen LogP contribution is -2.31. The number of hydrogen-bond acceptors (Lipinski definition) is 1. The summed E-state index contributed by atoms with van der Waals surface area (Å²) >= 11 is 3.54. The average molecular weight is 296 g/mol. The molecule has 0 radical (unpaired) electrons. The normalized spacial score (nSPS) is 23.4.